The maximum absolute atomic E-state index is 13.1. The number of aryl methyl sites for hydroxylation is 1. The van der Waals surface area contributed by atoms with Crippen LogP contribution in [0.25, 0.3) is 5.82 Å². The molecule has 1 aromatic carbocycles. The van der Waals surface area contributed by atoms with E-state index in [2.05, 4.69) is 41.5 Å². The summed E-state index contributed by atoms with van der Waals surface area (Å²) in [5.74, 6) is -0.840. The molecule has 3 aromatic rings. The number of nitrogens with one attached hydrogen (secondary N) is 2. The van der Waals surface area contributed by atoms with E-state index in [9.17, 15) is 14.4 Å². The van der Waals surface area contributed by atoms with E-state index in [0.717, 1.165) is 5.01 Å². The Kier molecular flexibility index (Phi) is 7.57. The van der Waals surface area contributed by atoms with Crippen molar-refractivity contribution in [2.24, 2.45) is 0 Å². The van der Waals surface area contributed by atoms with Gasteiger partial charge in [0.25, 0.3) is 11.8 Å². The minimum absolute atomic E-state index is 0.0588. The third kappa shape index (κ3) is 5.44. The Hall–Kier alpha value is -3.15. The lowest BCUT2D eigenvalue weighted by molar-refractivity contribution is 0.0691. The van der Waals surface area contributed by atoms with E-state index in [4.69, 9.17) is 23.2 Å². The standard InChI is InChI=1S/C20H17BrCl2N6O4/c1-10-7-11(22)8-12(19(31)28(2)27-20(32)33-3)15(10)25-18(30)13-9-29(26-16(13)21)17-14(23)5-4-6-24-17/h4-9H,1-3H3,(H,25,30)(H,27,32). The number of ether oxygens (including phenoxy) is 1. The second-order valence-corrected chi connectivity index (χ2v) is 8.25. The SMILES string of the molecule is COC(=O)NN(C)C(=O)c1cc(Cl)cc(C)c1NC(=O)c1cn(-c2ncccc2Cl)nc1Br. The summed E-state index contributed by atoms with van der Waals surface area (Å²) >= 11 is 15.6. The summed E-state index contributed by atoms with van der Waals surface area (Å²) in [5, 5.41) is 8.50. The zero-order valence-corrected chi connectivity index (χ0v) is 20.6. The first-order valence-corrected chi connectivity index (χ1v) is 10.8. The van der Waals surface area contributed by atoms with Gasteiger partial charge < -0.3 is 10.1 Å². The fourth-order valence-electron chi connectivity index (χ4n) is 2.83. The fourth-order valence-corrected chi connectivity index (χ4v) is 3.77. The second-order valence-electron chi connectivity index (χ2n) is 6.65. The Bertz CT molecular complexity index is 1250. The van der Waals surface area contributed by atoms with Gasteiger partial charge in [0.1, 0.15) is 4.60 Å². The highest BCUT2D eigenvalue weighted by Gasteiger charge is 2.24. The number of hydrazine groups is 1. The number of carbonyl (C=O) groups excluding carboxylic acids is 3. The van der Waals surface area contributed by atoms with Crippen molar-refractivity contribution in [3.8, 4) is 5.82 Å². The number of amides is 3. The first-order valence-electron chi connectivity index (χ1n) is 9.22. The van der Waals surface area contributed by atoms with Crippen LogP contribution in [0.1, 0.15) is 26.3 Å². The average Bonchev–Trinajstić information content (AvgIpc) is 3.16. The summed E-state index contributed by atoms with van der Waals surface area (Å²) in [6.07, 6.45) is 2.16. The number of anilines is 1. The molecule has 0 radical (unpaired) electrons. The minimum Gasteiger partial charge on any atom is -0.452 e. The number of nitrogens with zero attached hydrogens (tertiary/aromatic N) is 4. The molecule has 10 nitrogen and oxygen atoms in total. The van der Waals surface area contributed by atoms with Gasteiger partial charge in [-0.25, -0.2) is 19.9 Å². The molecule has 0 atom stereocenters. The average molecular weight is 556 g/mol. The second kappa shape index (κ2) is 10.2. The zero-order valence-electron chi connectivity index (χ0n) is 17.5. The summed E-state index contributed by atoms with van der Waals surface area (Å²) in [6.45, 7) is 1.68. The van der Waals surface area contributed by atoms with Crippen molar-refractivity contribution in [1.82, 2.24) is 25.2 Å². The van der Waals surface area contributed by atoms with Crippen molar-refractivity contribution in [3.05, 3.63) is 68.0 Å². The number of benzene rings is 1. The fraction of sp³-hybridized carbons (Fsp3) is 0.150. The molecule has 0 spiro atoms. The van der Waals surface area contributed by atoms with Crippen molar-refractivity contribution in [2.45, 2.75) is 6.92 Å². The molecule has 33 heavy (non-hydrogen) atoms. The van der Waals surface area contributed by atoms with E-state index < -0.39 is 17.9 Å². The van der Waals surface area contributed by atoms with Crippen LogP contribution in [-0.4, -0.2) is 51.8 Å². The van der Waals surface area contributed by atoms with Gasteiger partial charge in [0.15, 0.2) is 5.82 Å². The van der Waals surface area contributed by atoms with Gasteiger partial charge in [0.05, 0.1) is 28.9 Å². The Morgan fingerprint density at radius 1 is 1.21 bits per heavy atom. The van der Waals surface area contributed by atoms with Gasteiger partial charge in [-0.2, -0.15) is 5.10 Å². The minimum atomic E-state index is -0.834. The largest absolute Gasteiger partial charge is 0.452 e. The molecule has 0 unspecified atom stereocenters. The van der Waals surface area contributed by atoms with Crippen LogP contribution >= 0.6 is 39.1 Å². The topological polar surface area (TPSA) is 118 Å². The van der Waals surface area contributed by atoms with Crippen molar-refractivity contribution in [1.29, 1.82) is 0 Å². The molecule has 3 amide bonds. The Morgan fingerprint density at radius 3 is 2.61 bits per heavy atom. The lowest BCUT2D eigenvalue weighted by Gasteiger charge is -2.20. The predicted molar refractivity (Wildman–Crippen MR) is 126 cm³/mol. The first kappa shape index (κ1) is 24.5. The molecule has 2 N–H and O–H groups in total. The molecule has 0 fully saturated rings. The molecule has 172 valence electrons. The smallest absolute Gasteiger partial charge is 0.425 e. The number of halogens is 3. The number of hydrogen-bond donors (Lipinski definition) is 2. The van der Waals surface area contributed by atoms with Gasteiger partial charge in [-0.1, -0.05) is 23.2 Å². The molecular formula is C20H17BrCl2N6O4. The van der Waals surface area contributed by atoms with Gasteiger partial charge in [0.2, 0.25) is 0 Å². The Balaban J connectivity index is 1.94. The van der Waals surface area contributed by atoms with Crippen LogP contribution in [0.3, 0.4) is 0 Å². The summed E-state index contributed by atoms with van der Waals surface area (Å²) in [5.41, 5.74) is 3.21. The highest BCUT2D eigenvalue weighted by Crippen LogP contribution is 2.28. The van der Waals surface area contributed by atoms with E-state index in [1.807, 2.05) is 0 Å². The van der Waals surface area contributed by atoms with Gasteiger partial charge in [-0.3, -0.25) is 14.6 Å². The van der Waals surface area contributed by atoms with Crippen LogP contribution in [0.15, 0.2) is 41.3 Å². The number of rotatable bonds is 4. The number of pyridine rings is 1. The molecule has 3 rings (SSSR count). The quantitative estimate of drug-likeness (QED) is 0.465. The van der Waals surface area contributed by atoms with Crippen molar-refractivity contribution < 1.29 is 19.1 Å². The monoisotopic (exact) mass is 554 g/mol. The number of aromatic nitrogens is 3. The van der Waals surface area contributed by atoms with E-state index in [1.165, 1.54) is 31.1 Å². The van der Waals surface area contributed by atoms with Crippen molar-refractivity contribution >= 4 is 62.7 Å². The molecule has 0 aliphatic heterocycles. The maximum Gasteiger partial charge on any atom is 0.425 e. The number of methoxy groups -OCH3 is 1. The van der Waals surface area contributed by atoms with E-state index >= 15 is 0 Å². The van der Waals surface area contributed by atoms with Crippen molar-refractivity contribution in [2.75, 3.05) is 19.5 Å². The summed E-state index contributed by atoms with van der Waals surface area (Å²) in [4.78, 5) is 41.6. The lowest BCUT2D eigenvalue weighted by Crippen LogP contribution is -2.43. The lowest BCUT2D eigenvalue weighted by atomic mass is 10.1. The maximum atomic E-state index is 13.1. The van der Waals surface area contributed by atoms with Crippen LogP contribution < -0.4 is 10.7 Å². The van der Waals surface area contributed by atoms with E-state index in [-0.39, 0.29) is 26.4 Å². The molecule has 2 aromatic heterocycles. The molecule has 13 heteroatoms. The molecule has 0 aliphatic carbocycles. The number of hydrogen-bond acceptors (Lipinski definition) is 6. The molecule has 2 heterocycles. The zero-order chi connectivity index (χ0) is 24.3. The van der Waals surface area contributed by atoms with Gasteiger partial charge in [0, 0.05) is 24.5 Å². The number of carbonyl (C=O) groups is 3. The Labute approximate surface area is 206 Å². The van der Waals surface area contributed by atoms with Crippen molar-refractivity contribution in [3.63, 3.8) is 0 Å². The van der Waals surface area contributed by atoms with Gasteiger partial charge in [-0.05, 0) is 52.7 Å². The summed E-state index contributed by atoms with van der Waals surface area (Å²) in [6, 6.07) is 6.29. The van der Waals surface area contributed by atoms with Crippen LogP contribution in [0, 0.1) is 6.92 Å². The molecular weight excluding hydrogens is 539 g/mol. The van der Waals surface area contributed by atoms with E-state index in [0.29, 0.717) is 16.4 Å². The molecule has 0 bridgehead atoms. The third-order valence-electron chi connectivity index (χ3n) is 4.39. The first-order chi connectivity index (χ1) is 15.6. The molecule has 0 saturated carbocycles. The van der Waals surface area contributed by atoms with Crippen LogP contribution in [-0.2, 0) is 4.74 Å². The van der Waals surface area contributed by atoms with Crippen LogP contribution in [0.4, 0.5) is 10.5 Å². The van der Waals surface area contributed by atoms with Crippen LogP contribution in [0.5, 0.6) is 0 Å². The van der Waals surface area contributed by atoms with Gasteiger partial charge in [-0.15, -0.1) is 0 Å². The van der Waals surface area contributed by atoms with Gasteiger partial charge >= 0.3 is 6.09 Å². The predicted octanol–water partition coefficient (Wildman–Crippen LogP) is 4.24. The summed E-state index contributed by atoms with van der Waals surface area (Å²) < 4.78 is 6.10. The van der Waals surface area contributed by atoms with E-state index in [1.54, 1.807) is 31.3 Å². The van der Waals surface area contributed by atoms with Crippen LogP contribution in [0.2, 0.25) is 10.0 Å². The highest BCUT2D eigenvalue weighted by molar-refractivity contribution is 9.10. The summed E-state index contributed by atoms with van der Waals surface area (Å²) in [7, 11) is 2.50. The Morgan fingerprint density at radius 2 is 1.94 bits per heavy atom. The highest BCUT2D eigenvalue weighted by atomic mass is 79.9. The third-order valence-corrected chi connectivity index (χ3v) is 5.49. The molecule has 0 aliphatic rings. The molecule has 0 saturated heterocycles. The normalized spacial score (nSPS) is 10.5.